The van der Waals surface area contributed by atoms with Gasteiger partial charge in [0.25, 0.3) is 0 Å². The number of hydrogen-bond acceptors (Lipinski definition) is 5. The average Bonchev–Trinajstić information content (AvgIpc) is 2.76. The summed E-state index contributed by atoms with van der Waals surface area (Å²) < 4.78 is 0. The van der Waals surface area contributed by atoms with E-state index in [1.807, 2.05) is 25.1 Å². The van der Waals surface area contributed by atoms with Gasteiger partial charge in [0.05, 0.1) is 5.56 Å². The number of para-hydroxylation sites is 1. The van der Waals surface area contributed by atoms with E-state index in [0.717, 1.165) is 21.0 Å². The van der Waals surface area contributed by atoms with Crippen molar-refractivity contribution in [3.05, 3.63) is 36.2 Å². The van der Waals surface area contributed by atoms with E-state index in [2.05, 4.69) is 15.0 Å². The van der Waals surface area contributed by atoms with Crippen molar-refractivity contribution in [3.8, 4) is 16.3 Å². The van der Waals surface area contributed by atoms with Crippen LogP contribution in [0.1, 0.15) is 5.56 Å². The highest BCUT2D eigenvalue weighted by Crippen LogP contribution is 2.35. The molecule has 3 rings (SSSR count). The molecule has 1 N–H and O–H groups in total. The van der Waals surface area contributed by atoms with Gasteiger partial charge in [-0.3, -0.25) is 0 Å². The molecule has 0 aliphatic rings. The molecular formula is C12H9N3OS. The molecule has 17 heavy (non-hydrogen) atoms. The van der Waals surface area contributed by atoms with Crippen molar-refractivity contribution in [3.63, 3.8) is 0 Å². The molecule has 0 saturated heterocycles. The largest absolute Gasteiger partial charge is 0.507 e. The molecule has 0 radical (unpaired) electrons. The fourth-order valence-corrected chi connectivity index (χ4v) is 2.52. The second-order valence-corrected chi connectivity index (χ2v) is 4.65. The molecule has 0 saturated carbocycles. The van der Waals surface area contributed by atoms with Gasteiger partial charge in [0.2, 0.25) is 0 Å². The van der Waals surface area contributed by atoms with Gasteiger partial charge in [0.1, 0.15) is 10.8 Å². The van der Waals surface area contributed by atoms with E-state index in [-0.39, 0.29) is 5.75 Å². The van der Waals surface area contributed by atoms with Crippen LogP contribution < -0.4 is 0 Å². The van der Waals surface area contributed by atoms with E-state index in [4.69, 9.17) is 0 Å². The first-order valence-corrected chi connectivity index (χ1v) is 5.94. The summed E-state index contributed by atoms with van der Waals surface area (Å²) in [6.07, 6.45) is 3.25. The lowest BCUT2D eigenvalue weighted by Crippen LogP contribution is -1.81. The first kappa shape index (κ1) is 10.2. The molecule has 5 heteroatoms. The van der Waals surface area contributed by atoms with Crippen LogP contribution in [0.5, 0.6) is 5.75 Å². The van der Waals surface area contributed by atoms with Gasteiger partial charge in [-0.1, -0.05) is 23.5 Å². The van der Waals surface area contributed by atoms with E-state index in [9.17, 15) is 5.11 Å². The maximum absolute atomic E-state index is 10.0. The van der Waals surface area contributed by atoms with Crippen LogP contribution in [-0.4, -0.2) is 20.1 Å². The van der Waals surface area contributed by atoms with Crippen LogP contribution >= 0.6 is 11.3 Å². The van der Waals surface area contributed by atoms with E-state index in [1.54, 1.807) is 12.4 Å². The lowest BCUT2D eigenvalue weighted by atomic mass is 10.1. The fourth-order valence-electron chi connectivity index (χ4n) is 1.62. The maximum atomic E-state index is 10.0. The monoisotopic (exact) mass is 243 g/mol. The molecule has 0 aliphatic carbocycles. The van der Waals surface area contributed by atoms with Gasteiger partial charge in [-0.15, -0.1) is 0 Å². The third kappa shape index (κ3) is 1.64. The molecule has 0 amide bonds. The minimum absolute atomic E-state index is 0.270. The van der Waals surface area contributed by atoms with Crippen LogP contribution in [0.2, 0.25) is 0 Å². The molecule has 3 aromatic rings. The average molecular weight is 243 g/mol. The molecule has 0 atom stereocenters. The predicted octanol–water partition coefficient (Wildman–Crippen LogP) is 2.77. The molecule has 0 bridgehead atoms. The minimum Gasteiger partial charge on any atom is -0.507 e. The van der Waals surface area contributed by atoms with Gasteiger partial charge in [-0.05, 0) is 18.6 Å². The topological polar surface area (TPSA) is 58.9 Å². The molecule has 0 spiro atoms. The number of nitrogens with zero attached hydrogens (tertiary/aromatic N) is 3. The lowest BCUT2D eigenvalue weighted by Gasteiger charge is -2.02. The van der Waals surface area contributed by atoms with Gasteiger partial charge in [-0.25, -0.2) is 15.0 Å². The van der Waals surface area contributed by atoms with E-state index in [1.165, 1.54) is 11.3 Å². The number of phenolic OH excluding ortho intramolecular Hbond substituents is 1. The Morgan fingerprint density at radius 3 is 2.82 bits per heavy atom. The Hall–Kier alpha value is -2.01. The summed E-state index contributed by atoms with van der Waals surface area (Å²) in [7, 11) is 0. The van der Waals surface area contributed by atoms with Crippen LogP contribution in [0.3, 0.4) is 0 Å². The number of fused-ring (bicyclic) bond motifs is 1. The maximum Gasteiger partial charge on any atom is 0.190 e. The summed E-state index contributed by atoms with van der Waals surface area (Å²) in [5.74, 6) is 0.270. The Kier molecular flexibility index (Phi) is 2.26. The van der Waals surface area contributed by atoms with E-state index >= 15 is 0 Å². The number of benzene rings is 1. The highest BCUT2D eigenvalue weighted by atomic mass is 32.1. The highest BCUT2D eigenvalue weighted by Gasteiger charge is 2.12. The fraction of sp³-hybridized carbons (Fsp3) is 0.0833. The first-order valence-electron chi connectivity index (χ1n) is 5.12. The van der Waals surface area contributed by atoms with Crippen molar-refractivity contribution in [2.75, 3.05) is 0 Å². The molecule has 2 aromatic heterocycles. The molecular weight excluding hydrogens is 234 g/mol. The Morgan fingerprint density at radius 1 is 1.18 bits per heavy atom. The molecule has 0 aliphatic heterocycles. The number of aromatic nitrogens is 3. The summed E-state index contributed by atoms with van der Waals surface area (Å²) in [4.78, 5) is 13.5. The quantitative estimate of drug-likeness (QED) is 0.714. The Bertz CT molecular complexity index is 660. The predicted molar refractivity (Wildman–Crippen MR) is 67.0 cm³/mol. The van der Waals surface area contributed by atoms with Crippen molar-refractivity contribution >= 4 is 21.8 Å². The second kappa shape index (κ2) is 3.78. The Balaban J connectivity index is 2.24. The van der Waals surface area contributed by atoms with Gasteiger partial charge < -0.3 is 5.11 Å². The molecule has 0 fully saturated rings. The normalized spacial score (nSPS) is 10.9. The van der Waals surface area contributed by atoms with Gasteiger partial charge in [0.15, 0.2) is 10.5 Å². The third-order valence-corrected chi connectivity index (χ3v) is 3.50. The number of thiazole rings is 1. The molecule has 2 heterocycles. The second-order valence-electron chi connectivity index (χ2n) is 3.68. The lowest BCUT2D eigenvalue weighted by molar-refractivity contribution is 0.473. The number of aromatic hydroxyl groups is 1. The summed E-state index contributed by atoms with van der Waals surface area (Å²) in [5, 5.41) is 10.7. The number of rotatable bonds is 1. The number of aryl methyl sites for hydroxylation is 1. The summed E-state index contributed by atoms with van der Waals surface area (Å²) >= 11 is 1.43. The van der Waals surface area contributed by atoms with Crippen molar-refractivity contribution < 1.29 is 5.11 Å². The van der Waals surface area contributed by atoms with Crippen LogP contribution in [0.4, 0.5) is 0 Å². The zero-order valence-electron chi connectivity index (χ0n) is 9.08. The molecule has 0 unspecified atom stereocenters. The summed E-state index contributed by atoms with van der Waals surface area (Å²) in [5.41, 5.74) is 2.19. The van der Waals surface area contributed by atoms with Crippen molar-refractivity contribution in [2.24, 2.45) is 0 Å². The third-order valence-electron chi connectivity index (χ3n) is 2.52. The van der Waals surface area contributed by atoms with Crippen LogP contribution in [0, 0.1) is 6.92 Å². The van der Waals surface area contributed by atoms with E-state index in [0.29, 0.717) is 5.65 Å². The zero-order valence-corrected chi connectivity index (χ0v) is 9.90. The standard InChI is InChI=1S/C12H9N3OS/c1-7-3-2-4-8(9(7)16)11-15-10-12(17-11)14-6-5-13-10/h2-6,16H,1H3. The summed E-state index contributed by atoms with van der Waals surface area (Å²) in [6, 6.07) is 5.61. The van der Waals surface area contributed by atoms with Crippen LogP contribution in [-0.2, 0) is 0 Å². The zero-order chi connectivity index (χ0) is 11.8. The van der Waals surface area contributed by atoms with Gasteiger partial charge in [-0.2, -0.15) is 0 Å². The highest BCUT2D eigenvalue weighted by molar-refractivity contribution is 7.21. The smallest absolute Gasteiger partial charge is 0.190 e. The number of phenols is 1. The Labute approximate surface area is 102 Å². The van der Waals surface area contributed by atoms with Crippen molar-refractivity contribution in [2.45, 2.75) is 6.92 Å². The van der Waals surface area contributed by atoms with E-state index < -0.39 is 0 Å². The minimum atomic E-state index is 0.270. The molecule has 1 aromatic carbocycles. The molecule has 4 nitrogen and oxygen atoms in total. The van der Waals surface area contributed by atoms with Gasteiger partial charge in [0, 0.05) is 12.4 Å². The first-order chi connectivity index (χ1) is 8.25. The van der Waals surface area contributed by atoms with Crippen molar-refractivity contribution in [1.82, 2.24) is 15.0 Å². The number of hydrogen-bond donors (Lipinski definition) is 1. The molecule has 84 valence electrons. The Morgan fingerprint density at radius 2 is 2.00 bits per heavy atom. The van der Waals surface area contributed by atoms with Gasteiger partial charge >= 0.3 is 0 Å². The SMILES string of the molecule is Cc1cccc(-c2nc3nccnc3s2)c1O. The van der Waals surface area contributed by atoms with Crippen LogP contribution in [0.25, 0.3) is 21.0 Å². The summed E-state index contributed by atoms with van der Waals surface area (Å²) in [6.45, 7) is 1.86. The van der Waals surface area contributed by atoms with Crippen molar-refractivity contribution in [1.29, 1.82) is 0 Å². The van der Waals surface area contributed by atoms with Crippen LogP contribution in [0.15, 0.2) is 30.6 Å².